The molecular formula is C21H22N2O7S. The number of amides is 1. The molecule has 0 saturated carbocycles. The van der Waals surface area contributed by atoms with Gasteiger partial charge in [-0.05, 0) is 37.6 Å². The molecule has 0 spiro atoms. The molecule has 1 amide bonds. The van der Waals surface area contributed by atoms with Gasteiger partial charge in [-0.2, -0.15) is 4.31 Å². The number of carbonyl (C=O) groups is 2. The summed E-state index contributed by atoms with van der Waals surface area (Å²) in [6.07, 6.45) is 0. The predicted octanol–water partition coefficient (Wildman–Crippen LogP) is 2.20. The summed E-state index contributed by atoms with van der Waals surface area (Å²) in [6, 6.07) is 7.54. The molecule has 0 atom stereocenters. The van der Waals surface area contributed by atoms with Crippen LogP contribution < -0.4 is 14.8 Å². The van der Waals surface area contributed by atoms with Crippen molar-refractivity contribution in [3.05, 3.63) is 47.0 Å². The van der Waals surface area contributed by atoms with E-state index in [1.165, 1.54) is 29.4 Å². The maximum Gasteiger partial charge on any atom is 0.255 e. The number of morpholine rings is 1. The van der Waals surface area contributed by atoms with Crippen LogP contribution in [0.4, 0.5) is 5.69 Å². The largest absolute Gasteiger partial charge is 0.454 e. The number of ether oxygens (including phenoxy) is 3. The van der Waals surface area contributed by atoms with Crippen molar-refractivity contribution in [2.24, 2.45) is 0 Å². The Morgan fingerprint density at radius 3 is 2.39 bits per heavy atom. The molecule has 1 saturated heterocycles. The van der Waals surface area contributed by atoms with Gasteiger partial charge < -0.3 is 19.5 Å². The number of anilines is 1. The average Bonchev–Trinajstić information content (AvgIpc) is 3.21. The van der Waals surface area contributed by atoms with Crippen LogP contribution >= 0.6 is 0 Å². The fraction of sp³-hybridized carbons (Fsp3) is 0.333. The lowest BCUT2D eigenvalue weighted by molar-refractivity contribution is 0.0730. The molecule has 0 aromatic heterocycles. The van der Waals surface area contributed by atoms with Gasteiger partial charge >= 0.3 is 0 Å². The van der Waals surface area contributed by atoms with E-state index in [9.17, 15) is 18.0 Å². The Labute approximate surface area is 179 Å². The number of hydrogen-bond donors (Lipinski definition) is 1. The fourth-order valence-electron chi connectivity index (χ4n) is 3.48. The lowest BCUT2D eigenvalue weighted by Crippen LogP contribution is -2.40. The zero-order chi connectivity index (χ0) is 22.2. The highest BCUT2D eigenvalue weighted by atomic mass is 32.2. The maximum absolute atomic E-state index is 13.1. The van der Waals surface area contributed by atoms with E-state index >= 15 is 0 Å². The molecule has 1 fully saturated rings. The fourth-order valence-corrected chi connectivity index (χ4v) is 5.14. The number of rotatable bonds is 5. The third kappa shape index (κ3) is 4.14. The minimum Gasteiger partial charge on any atom is -0.454 e. The summed E-state index contributed by atoms with van der Waals surface area (Å²) in [7, 11) is -3.77. The number of benzene rings is 2. The number of aryl methyl sites for hydroxylation is 1. The zero-order valence-corrected chi connectivity index (χ0v) is 18.0. The van der Waals surface area contributed by atoms with Gasteiger partial charge in [-0.3, -0.25) is 9.59 Å². The van der Waals surface area contributed by atoms with Gasteiger partial charge in [0.1, 0.15) is 0 Å². The lowest BCUT2D eigenvalue weighted by Gasteiger charge is -2.26. The summed E-state index contributed by atoms with van der Waals surface area (Å²) in [5.41, 5.74) is 1.23. The van der Waals surface area contributed by atoms with Crippen LogP contribution in [0.2, 0.25) is 0 Å². The molecule has 0 aliphatic carbocycles. The molecule has 164 valence electrons. The Balaban J connectivity index is 1.65. The quantitative estimate of drug-likeness (QED) is 0.701. The molecule has 2 aromatic carbocycles. The number of hydrogen-bond acceptors (Lipinski definition) is 7. The van der Waals surface area contributed by atoms with Crippen molar-refractivity contribution in [1.29, 1.82) is 0 Å². The van der Waals surface area contributed by atoms with Crippen LogP contribution in [0.15, 0.2) is 35.2 Å². The van der Waals surface area contributed by atoms with Crippen molar-refractivity contribution in [3.8, 4) is 11.5 Å². The molecule has 2 heterocycles. The second-order valence-electron chi connectivity index (χ2n) is 7.26. The van der Waals surface area contributed by atoms with Crippen LogP contribution in [-0.4, -0.2) is 57.5 Å². The van der Waals surface area contributed by atoms with Gasteiger partial charge in [0.05, 0.1) is 23.8 Å². The van der Waals surface area contributed by atoms with E-state index in [-0.39, 0.29) is 47.4 Å². The summed E-state index contributed by atoms with van der Waals surface area (Å²) in [4.78, 5) is 25.0. The Hall–Kier alpha value is -2.95. The molecule has 2 aliphatic rings. The maximum atomic E-state index is 13.1. The molecule has 10 heteroatoms. The second-order valence-corrected chi connectivity index (χ2v) is 9.16. The van der Waals surface area contributed by atoms with E-state index < -0.39 is 15.9 Å². The number of Topliss-reactive ketones (excluding diaryl/α,β-unsaturated/α-hetero) is 1. The first-order valence-corrected chi connectivity index (χ1v) is 11.2. The van der Waals surface area contributed by atoms with Crippen LogP contribution in [-0.2, 0) is 14.8 Å². The van der Waals surface area contributed by atoms with Crippen molar-refractivity contribution in [2.75, 3.05) is 38.4 Å². The molecule has 4 rings (SSSR count). The number of carbonyl (C=O) groups excluding carboxylic acids is 2. The van der Waals surface area contributed by atoms with Gasteiger partial charge in [-0.25, -0.2) is 8.42 Å². The van der Waals surface area contributed by atoms with E-state index in [0.717, 1.165) is 0 Å². The molecular weight excluding hydrogens is 424 g/mol. The Bertz CT molecular complexity index is 1150. The Morgan fingerprint density at radius 1 is 1.03 bits per heavy atom. The van der Waals surface area contributed by atoms with E-state index in [2.05, 4.69) is 5.32 Å². The topological polar surface area (TPSA) is 111 Å². The molecule has 0 bridgehead atoms. The van der Waals surface area contributed by atoms with E-state index in [1.54, 1.807) is 19.1 Å². The van der Waals surface area contributed by atoms with E-state index in [1.807, 2.05) is 0 Å². The van der Waals surface area contributed by atoms with E-state index in [4.69, 9.17) is 14.2 Å². The standard InChI is InChI=1S/C21H22N2O7S/c1-13-3-4-15(9-20(13)31(26,27)23-5-7-28-8-6-23)21(25)22-17-11-19-18(29-12-30-19)10-16(17)14(2)24/h3-4,9-11H,5-8,12H2,1-2H3,(H,22,25). The van der Waals surface area contributed by atoms with Crippen LogP contribution in [0.3, 0.4) is 0 Å². The molecule has 2 aromatic rings. The van der Waals surface area contributed by atoms with Gasteiger partial charge in [-0.15, -0.1) is 0 Å². The molecule has 1 N–H and O–H groups in total. The van der Waals surface area contributed by atoms with Crippen molar-refractivity contribution < 1.29 is 32.2 Å². The third-order valence-corrected chi connectivity index (χ3v) is 7.22. The van der Waals surface area contributed by atoms with E-state index in [0.29, 0.717) is 30.3 Å². The molecule has 0 unspecified atom stereocenters. The number of sulfonamides is 1. The van der Waals surface area contributed by atoms with Crippen molar-refractivity contribution >= 4 is 27.4 Å². The molecule has 9 nitrogen and oxygen atoms in total. The number of ketones is 1. The third-order valence-electron chi connectivity index (χ3n) is 5.18. The van der Waals surface area contributed by atoms with Crippen molar-refractivity contribution in [1.82, 2.24) is 4.31 Å². The molecule has 0 radical (unpaired) electrons. The van der Waals surface area contributed by atoms with Crippen LogP contribution in [0.1, 0.15) is 33.2 Å². The SMILES string of the molecule is CC(=O)c1cc2c(cc1NC(=O)c1ccc(C)c(S(=O)(=O)N3CCOCC3)c1)OCO2. The molecule has 31 heavy (non-hydrogen) atoms. The van der Waals surface area contributed by atoms with Crippen molar-refractivity contribution in [3.63, 3.8) is 0 Å². The number of nitrogens with zero attached hydrogens (tertiary/aromatic N) is 1. The Kier molecular flexibility index (Phi) is 5.69. The van der Waals surface area contributed by atoms with Gasteiger partial charge in [0.15, 0.2) is 17.3 Å². The summed E-state index contributed by atoms with van der Waals surface area (Å²) >= 11 is 0. The normalized spacial score (nSPS) is 16.2. The summed E-state index contributed by atoms with van der Waals surface area (Å²) in [6.45, 7) is 4.28. The first-order valence-electron chi connectivity index (χ1n) is 9.72. The van der Waals surface area contributed by atoms with Crippen LogP contribution in [0.5, 0.6) is 11.5 Å². The Morgan fingerprint density at radius 2 is 1.71 bits per heavy atom. The average molecular weight is 446 g/mol. The highest BCUT2D eigenvalue weighted by Crippen LogP contribution is 2.37. The first kappa shape index (κ1) is 21.3. The van der Waals surface area contributed by atoms with Crippen LogP contribution in [0, 0.1) is 6.92 Å². The van der Waals surface area contributed by atoms with Gasteiger partial charge in [0.25, 0.3) is 5.91 Å². The van der Waals surface area contributed by atoms with Crippen LogP contribution in [0.25, 0.3) is 0 Å². The highest BCUT2D eigenvalue weighted by Gasteiger charge is 2.29. The summed E-state index contributed by atoms with van der Waals surface area (Å²) < 4.78 is 43.4. The van der Waals surface area contributed by atoms with Crippen molar-refractivity contribution in [2.45, 2.75) is 18.7 Å². The zero-order valence-electron chi connectivity index (χ0n) is 17.1. The van der Waals surface area contributed by atoms with Gasteiger partial charge in [0.2, 0.25) is 16.8 Å². The minimum atomic E-state index is -3.77. The van der Waals surface area contributed by atoms with Gasteiger partial charge in [-0.1, -0.05) is 6.07 Å². The predicted molar refractivity (Wildman–Crippen MR) is 111 cm³/mol. The molecule has 2 aliphatic heterocycles. The minimum absolute atomic E-state index is 0.0325. The first-order chi connectivity index (χ1) is 14.8. The lowest BCUT2D eigenvalue weighted by atomic mass is 10.1. The summed E-state index contributed by atoms with van der Waals surface area (Å²) in [5, 5.41) is 2.69. The number of fused-ring (bicyclic) bond motifs is 1. The monoisotopic (exact) mass is 446 g/mol. The summed E-state index contributed by atoms with van der Waals surface area (Å²) in [5.74, 6) is 0.0464. The highest BCUT2D eigenvalue weighted by molar-refractivity contribution is 7.89. The smallest absolute Gasteiger partial charge is 0.255 e. The second kappa shape index (κ2) is 8.29. The number of nitrogens with one attached hydrogen (secondary N) is 1. The van der Waals surface area contributed by atoms with Gasteiger partial charge in [0, 0.05) is 30.3 Å².